The molecule has 3 rings (SSSR count). The summed E-state index contributed by atoms with van der Waals surface area (Å²) in [5, 5.41) is 18.5. The van der Waals surface area contributed by atoms with E-state index in [9.17, 15) is 18.7 Å². The Balaban J connectivity index is 1.71. The van der Waals surface area contributed by atoms with Crippen molar-refractivity contribution in [3.63, 3.8) is 0 Å². The lowest BCUT2D eigenvalue weighted by molar-refractivity contribution is -0.176. The molecule has 148 valence electrons. The third-order valence-electron chi connectivity index (χ3n) is 5.80. The van der Waals surface area contributed by atoms with Crippen molar-refractivity contribution in [1.82, 2.24) is 4.90 Å². The molecule has 0 aromatic heterocycles. The summed E-state index contributed by atoms with van der Waals surface area (Å²) in [5.41, 5.74) is -1.76. The fourth-order valence-corrected chi connectivity index (χ4v) is 4.07. The normalized spacial score (nSPS) is 25.0. The summed E-state index contributed by atoms with van der Waals surface area (Å²) in [6.45, 7) is 1.61. The van der Waals surface area contributed by atoms with Gasteiger partial charge in [0.1, 0.15) is 0 Å². The number of benzene rings is 1. The fourth-order valence-electron chi connectivity index (χ4n) is 4.07. The molecule has 2 atom stereocenters. The molecule has 0 amide bonds. The molecule has 2 aliphatic rings. The number of hydrogen-bond acceptors (Lipinski definition) is 4. The van der Waals surface area contributed by atoms with Crippen molar-refractivity contribution >= 4 is 12.3 Å². The molecule has 2 N–H and O–H groups in total. The molecule has 1 aliphatic carbocycles. The summed E-state index contributed by atoms with van der Waals surface area (Å²) in [6.07, 6.45) is 2.09. The summed E-state index contributed by atoms with van der Waals surface area (Å²) >= 11 is 0. The van der Waals surface area contributed by atoms with Gasteiger partial charge in [0, 0.05) is 31.8 Å². The van der Waals surface area contributed by atoms with Gasteiger partial charge >= 0.3 is 5.97 Å². The average molecular weight is 380 g/mol. The summed E-state index contributed by atoms with van der Waals surface area (Å²) in [4.78, 5) is 14.8. The predicted molar refractivity (Wildman–Crippen MR) is 96.7 cm³/mol. The maximum Gasteiger partial charge on any atom is 0.343 e. The molecule has 1 heterocycles. The second-order valence-corrected chi connectivity index (χ2v) is 7.63. The van der Waals surface area contributed by atoms with Crippen LogP contribution in [0.1, 0.15) is 37.7 Å². The van der Waals surface area contributed by atoms with Crippen LogP contribution in [0.3, 0.4) is 0 Å². The van der Waals surface area contributed by atoms with Gasteiger partial charge in [-0.1, -0.05) is 30.3 Å². The minimum absolute atomic E-state index is 0.0746. The number of aliphatic hydroxyl groups is 1. The molecule has 0 bridgehead atoms. The van der Waals surface area contributed by atoms with Crippen LogP contribution in [0.2, 0.25) is 0 Å². The first-order valence-corrected chi connectivity index (χ1v) is 9.43. The maximum absolute atomic E-state index is 13.8. The molecule has 1 aliphatic heterocycles. The Hall–Kier alpha value is -2.02. The minimum atomic E-state index is -2.87. The highest BCUT2D eigenvalue weighted by Crippen LogP contribution is 2.48. The van der Waals surface area contributed by atoms with Crippen LogP contribution < -0.4 is 0 Å². The van der Waals surface area contributed by atoms with Crippen molar-refractivity contribution in [3.8, 4) is 0 Å². The molecule has 7 heteroatoms. The first-order valence-electron chi connectivity index (χ1n) is 9.43. The summed E-state index contributed by atoms with van der Waals surface area (Å²) in [6, 6.07) is 8.26. The van der Waals surface area contributed by atoms with Gasteiger partial charge in [-0.3, -0.25) is 5.41 Å². The van der Waals surface area contributed by atoms with E-state index in [-0.39, 0.29) is 25.4 Å². The zero-order valence-corrected chi connectivity index (χ0v) is 15.2. The molecule has 27 heavy (non-hydrogen) atoms. The molecule has 1 aromatic carbocycles. The van der Waals surface area contributed by atoms with Crippen LogP contribution >= 0.6 is 0 Å². The number of nitrogens with one attached hydrogen (secondary N) is 1. The van der Waals surface area contributed by atoms with Crippen LogP contribution in [0.5, 0.6) is 0 Å². The number of likely N-dealkylation sites (tertiary alicyclic amines) is 1. The average Bonchev–Trinajstić information content (AvgIpc) is 3.06. The van der Waals surface area contributed by atoms with Gasteiger partial charge in [-0.25, -0.2) is 13.6 Å². The van der Waals surface area contributed by atoms with Crippen LogP contribution in [0.4, 0.5) is 8.78 Å². The number of ether oxygens (including phenoxy) is 1. The third kappa shape index (κ3) is 4.29. The first kappa shape index (κ1) is 19.7. The van der Waals surface area contributed by atoms with Crippen molar-refractivity contribution in [2.24, 2.45) is 11.8 Å². The van der Waals surface area contributed by atoms with Gasteiger partial charge in [-0.15, -0.1) is 0 Å². The van der Waals surface area contributed by atoms with Gasteiger partial charge in [0.15, 0.2) is 5.60 Å². The molecule has 5 nitrogen and oxygen atoms in total. The molecule has 1 aromatic rings. The minimum Gasteiger partial charge on any atom is -0.463 e. The van der Waals surface area contributed by atoms with Crippen molar-refractivity contribution in [1.29, 1.82) is 5.41 Å². The number of rotatable bonds is 6. The quantitative estimate of drug-likeness (QED) is 0.452. The molecule has 0 radical (unpaired) electrons. The summed E-state index contributed by atoms with van der Waals surface area (Å²) < 4.78 is 33.0. The second kappa shape index (κ2) is 7.92. The Bertz CT molecular complexity index is 662. The molecule has 2 unspecified atom stereocenters. The van der Waals surface area contributed by atoms with E-state index in [1.54, 1.807) is 30.3 Å². The number of halogens is 2. The van der Waals surface area contributed by atoms with Crippen LogP contribution in [-0.2, 0) is 15.1 Å². The monoisotopic (exact) mass is 380 g/mol. The number of esters is 1. The van der Waals surface area contributed by atoms with E-state index in [4.69, 9.17) is 10.1 Å². The SMILES string of the molecule is N=CN1CCC(COC(=O)C(O)(c2ccccc2)C2CCC(F)(F)C2)CC1. The Kier molecular flexibility index (Phi) is 5.79. The molecule has 1 saturated heterocycles. The number of hydrogen-bond donors (Lipinski definition) is 2. The standard InChI is InChI=1S/C20H26F2N2O3/c21-19(22)9-6-17(12-19)20(26,16-4-2-1-3-5-16)18(25)27-13-15-7-10-24(14-23)11-8-15/h1-5,14-15,17,23,26H,6-13H2. The zero-order valence-electron chi connectivity index (χ0n) is 15.2. The molecular formula is C20H26F2N2O3. The molecular weight excluding hydrogens is 354 g/mol. The lowest BCUT2D eigenvalue weighted by Crippen LogP contribution is -2.45. The predicted octanol–water partition coefficient (Wildman–Crippen LogP) is 3.17. The second-order valence-electron chi connectivity index (χ2n) is 7.63. The number of nitrogens with zero attached hydrogens (tertiary/aromatic N) is 1. The van der Waals surface area contributed by atoms with E-state index in [2.05, 4.69) is 0 Å². The van der Waals surface area contributed by atoms with Gasteiger partial charge in [0.2, 0.25) is 5.92 Å². The molecule has 1 saturated carbocycles. The van der Waals surface area contributed by atoms with Gasteiger partial charge < -0.3 is 14.7 Å². The highest BCUT2D eigenvalue weighted by Gasteiger charge is 2.54. The summed E-state index contributed by atoms with van der Waals surface area (Å²) in [7, 11) is 0. The first-order chi connectivity index (χ1) is 12.8. The maximum atomic E-state index is 13.8. The van der Waals surface area contributed by atoms with Crippen molar-refractivity contribution in [2.45, 2.75) is 43.6 Å². The van der Waals surface area contributed by atoms with E-state index < -0.39 is 29.8 Å². The Labute approximate surface area is 157 Å². The number of alkyl halides is 2. The lowest BCUT2D eigenvalue weighted by Gasteiger charge is -2.34. The van der Waals surface area contributed by atoms with Crippen LogP contribution in [0, 0.1) is 17.2 Å². The topological polar surface area (TPSA) is 73.6 Å². The van der Waals surface area contributed by atoms with Gasteiger partial charge in [0.25, 0.3) is 0 Å². The van der Waals surface area contributed by atoms with Gasteiger partial charge in [-0.05, 0) is 30.7 Å². The van der Waals surface area contributed by atoms with E-state index in [1.807, 2.05) is 4.90 Å². The smallest absolute Gasteiger partial charge is 0.343 e. The zero-order chi connectivity index (χ0) is 19.5. The van der Waals surface area contributed by atoms with Crippen molar-refractivity contribution in [3.05, 3.63) is 35.9 Å². The molecule has 2 fully saturated rings. The van der Waals surface area contributed by atoms with E-state index >= 15 is 0 Å². The van der Waals surface area contributed by atoms with Gasteiger partial charge in [-0.2, -0.15) is 0 Å². The van der Waals surface area contributed by atoms with E-state index in [1.165, 1.54) is 6.34 Å². The van der Waals surface area contributed by atoms with Crippen molar-refractivity contribution in [2.75, 3.05) is 19.7 Å². The Morgan fingerprint density at radius 2 is 1.96 bits per heavy atom. The van der Waals surface area contributed by atoms with E-state index in [0.717, 1.165) is 25.9 Å². The Morgan fingerprint density at radius 3 is 2.52 bits per heavy atom. The van der Waals surface area contributed by atoms with Crippen molar-refractivity contribution < 1.29 is 23.4 Å². The highest BCUT2D eigenvalue weighted by atomic mass is 19.3. The fraction of sp³-hybridized carbons (Fsp3) is 0.600. The summed E-state index contributed by atoms with van der Waals surface area (Å²) in [5.74, 6) is -4.43. The Morgan fingerprint density at radius 1 is 1.30 bits per heavy atom. The number of carbonyl (C=O) groups is 1. The van der Waals surface area contributed by atoms with Crippen LogP contribution in [-0.4, -0.2) is 47.9 Å². The molecule has 0 spiro atoms. The van der Waals surface area contributed by atoms with Crippen LogP contribution in [0.15, 0.2) is 30.3 Å². The van der Waals surface area contributed by atoms with E-state index in [0.29, 0.717) is 5.56 Å². The lowest BCUT2D eigenvalue weighted by atomic mass is 9.80. The third-order valence-corrected chi connectivity index (χ3v) is 5.80. The largest absolute Gasteiger partial charge is 0.463 e. The number of carbonyl (C=O) groups excluding carboxylic acids is 1. The van der Waals surface area contributed by atoms with Gasteiger partial charge in [0.05, 0.1) is 12.9 Å². The highest BCUT2D eigenvalue weighted by molar-refractivity contribution is 5.81. The number of piperidine rings is 1. The van der Waals surface area contributed by atoms with Crippen LogP contribution in [0.25, 0.3) is 0 Å².